The van der Waals surface area contributed by atoms with Crippen LogP contribution in [0.2, 0.25) is 0 Å². The zero-order valence-corrected chi connectivity index (χ0v) is 9.08. The molecule has 0 N–H and O–H groups in total. The summed E-state index contributed by atoms with van der Waals surface area (Å²) in [5.41, 5.74) is 0.148. The first-order chi connectivity index (χ1) is 7.97. The summed E-state index contributed by atoms with van der Waals surface area (Å²) >= 11 is 0. The van der Waals surface area contributed by atoms with Crippen LogP contribution < -0.4 is 0 Å². The van der Waals surface area contributed by atoms with Gasteiger partial charge in [0.1, 0.15) is 0 Å². The Kier molecular flexibility index (Phi) is 2.69. The van der Waals surface area contributed by atoms with Gasteiger partial charge in [0.15, 0.2) is 6.29 Å². The lowest BCUT2D eigenvalue weighted by Gasteiger charge is -2.07. The Hall–Kier alpha value is -1.78. The summed E-state index contributed by atoms with van der Waals surface area (Å²) in [6.07, 6.45) is -2.14. The van der Waals surface area contributed by atoms with Gasteiger partial charge in [-0.05, 0) is 19.1 Å². The van der Waals surface area contributed by atoms with Crippen molar-refractivity contribution < 1.29 is 18.0 Å². The Bertz CT molecular complexity index is 569. The average molecular weight is 241 g/mol. The molecule has 1 aromatic carbocycles. The van der Waals surface area contributed by atoms with E-state index >= 15 is 0 Å². The van der Waals surface area contributed by atoms with E-state index in [-0.39, 0.29) is 0 Å². The number of aromatic nitrogens is 1. The molecule has 0 atom stereocenters. The molecule has 2 nitrogen and oxygen atoms in total. The van der Waals surface area contributed by atoms with E-state index in [2.05, 4.69) is 0 Å². The number of nitrogens with zero attached hydrogens (tertiary/aromatic N) is 1. The second-order valence-electron chi connectivity index (χ2n) is 3.72. The molecular weight excluding hydrogens is 231 g/mol. The maximum Gasteiger partial charge on any atom is 0.416 e. The second-order valence-corrected chi connectivity index (χ2v) is 3.72. The lowest BCUT2D eigenvalue weighted by molar-refractivity contribution is -0.137. The molecule has 0 saturated carbocycles. The topological polar surface area (TPSA) is 22.0 Å². The van der Waals surface area contributed by atoms with E-state index in [1.165, 1.54) is 6.07 Å². The van der Waals surface area contributed by atoms with Gasteiger partial charge in [0.05, 0.1) is 5.56 Å². The minimum Gasteiger partial charge on any atom is -0.347 e. The van der Waals surface area contributed by atoms with E-state index in [9.17, 15) is 18.0 Å². The fraction of sp³-hybridized carbons (Fsp3) is 0.250. The summed E-state index contributed by atoms with van der Waals surface area (Å²) in [5.74, 6) is 0. The van der Waals surface area contributed by atoms with Gasteiger partial charge in [0.2, 0.25) is 0 Å². The summed E-state index contributed by atoms with van der Waals surface area (Å²) < 4.78 is 39.3. The number of hydrogen-bond acceptors (Lipinski definition) is 1. The zero-order valence-electron chi connectivity index (χ0n) is 9.08. The van der Waals surface area contributed by atoms with Crippen LogP contribution >= 0.6 is 0 Å². The van der Waals surface area contributed by atoms with Gasteiger partial charge in [-0.2, -0.15) is 13.2 Å². The minimum atomic E-state index is -4.36. The average Bonchev–Trinajstić information content (AvgIpc) is 2.64. The van der Waals surface area contributed by atoms with Crippen LogP contribution in [-0.4, -0.2) is 10.9 Å². The molecule has 5 heteroatoms. The highest BCUT2D eigenvalue weighted by Gasteiger charge is 2.30. The minimum absolute atomic E-state index is 0.413. The van der Waals surface area contributed by atoms with Crippen LogP contribution in [0.1, 0.15) is 22.8 Å². The number of aryl methyl sites for hydroxylation is 1. The molecule has 0 aliphatic rings. The number of fused-ring (bicyclic) bond motifs is 1. The van der Waals surface area contributed by atoms with Gasteiger partial charge in [0.25, 0.3) is 0 Å². The van der Waals surface area contributed by atoms with Gasteiger partial charge in [0, 0.05) is 29.2 Å². The second kappa shape index (κ2) is 3.91. The molecule has 90 valence electrons. The van der Waals surface area contributed by atoms with E-state index in [1.807, 2.05) is 6.92 Å². The maximum atomic E-state index is 12.6. The third kappa shape index (κ3) is 1.92. The van der Waals surface area contributed by atoms with Gasteiger partial charge in [-0.1, -0.05) is 6.07 Å². The van der Waals surface area contributed by atoms with Gasteiger partial charge in [-0.15, -0.1) is 0 Å². The van der Waals surface area contributed by atoms with E-state index in [1.54, 1.807) is 10.8 Å². The Labute approximate surface area is 95.7 Å². The highest BCUT2D eigenvalue weighted by Crippen LogP contribution is 2.32. The van der Waals surface area contributed by atoms with E-state index in [0.29, 0.717) is 29.3 Å². The van der Waals surface area contributed by atoms with Crippen LogP contribution in [0.3, 0.4) is 0 Å². The van der Waals surface area contributed by atoms with E-state index in [4.69, 9.17) is 0 Å². The molecule has 2 aromatic rings. The van der Waals surface area contributed by atoms with Crippen molar-refractivity contribution in [3.8, 4) is 0 Å². The predicted octanol–water partition coefficient (Wildman–Crippen LogP) is 3.49. The number of rotatable bonds is 2. The summed E-state index contributed by atoms with van der Waals surface area (Å²) in [6.45, 7) is 2.33. The third-order valence-corrected chi connectivity index (χ3v) is 2.71. The van der Waals surface area contributed by atoms with Gasteiger partial charge < -0.3 is 4.57 Å². The van der Waals surface area contributed by atoms with Crippen molar-refractivity contribution in [1.29, 1.82) is 0 Å². The lowest BCUT2D eigenvalue weighted by Crippen LogP contribution is -2.04. The van der Waals surface area contributed by atoms with E-state index < -0.39 is 11.7 Å². The monoisotopic (exact) mass is 241 g/mol. The number of halogens is 3. The van der Waals surface area contributed by atoms with Crippen LogP contribution in [0.5, 0.6) is 0 Å². The normalized spacial score (nSPS) is 12.0. The van der Waals surface area contributed by atoms with Crippen molar-refractivity contribution in [2.45, 2.75) is 19.6 Å². The molecule has 0 bridgehead atoms. The maximum absolute atomic E-state index is 12.6. The summed E-state index contributed by atoms with van der Waals surface area (Å²) in [4.78, 5) is 10.8. The Balaban J connectivity index is 2.72. The number of carbonyl (C=O) groups is 1. The summed E-state index contributed by atoms with van der Waals surface area (Å²) in [6, 6.07) is 3.41. The SMILES string of the molecule is CCn1cc(C=O)c2ccc(C(F)(F)F)cc21. The standard InChI is InChI=1S/C12H10F3NO/c1-2-16-6-8(7-17)10-4-3-9(5-11(10)16)12(13,14)15/h3-7H,2H2,1H3. The molecule has 1 heterocycles. The van der Waals surface area contributed by atoms with Gasteiger partial charge in [-0.25, -0.2) is 0 Å². The molecule has 0 unspecified atom stereocenters. The van der Waals surface area contributed by atoms with Crippen molar-refractivity contribution in [3.05, 3.63) is 35.5 Å². The molecule has 0 radical (unpaired) electrons. The molecule has 0 fully saturated rings. The molecule has 2 rings (SSSR count). The molecule has 0 aliphatic heterocycles. The Morgan fingerprint density at radius 3 is 2.59 bits per heavy atom. The van der Waals surface area contributed by atoms with Crippen LogP contribution in [-0.2, 0) is 12.7 Å². The molecule has 0 spiro atoms. The smallest absolute Gasteiger partial charge is 0.347 e. The van der Waals surface area contributed by atoms with Gasteiger partial charge >= 0.3 is 6.18 Å². The first-order valence-corrected chi connectivity index (χ1v) is 5.12. The van der Waals surface area contributed by atoms with Crippen LogP contribution in [0.15, 0.2) is 24.4 Å². The van der Waals surface area contributed by atoms with E-state index in [0.717, 1.165) is 12.1 Å². The summed E-state index contributed by atoms with van der Waals surface area (Å²) in [5, 5.41) is 0.551. The molecule has 0 aliphatic carbocycles. The van der Waals surface area contributed by atoms with Crippen molar-refractivity contribution in [2.24, 2.45) is 0 Å². The molecule has 0 saturated heterocycles. The molecular formula is C12H10F3NO. The zero-order chi connectivity index (χ0) is 12.6. The predicted molar refractivity (Wildman–Crippen MR) is 58.0 cm³/mol. The van der Waals surface area contributed by atoms with Crippen molar-refractivity contribution in [2.75, 3.05) is 0 Å². The highest BCUT2D eigenvalue weighted by atomic mass is 19.4. The van der Waals surface area contributed by atoms with Crippen molar-refractivity contribution in [3.63, 3.8) is 0 Å². The molecule has 0 amide bonds. The molecule has 1 aromatic heterocycles. The van der Waals surface area contributed by atoms with Crippen LogP contribution in [0.4, 0.5) is 13.2 Å². The van der Waals surface area contributed by atoms with Crippen molar-refractivity contribution in [1.82, 2.24) is 4.57 Å². The van der Waals surface area contributed by atoms with Crippen molar-refractivity contribution >= 4 is 17.2 Å². The quantitative estimate of drug-likeness (QED) is 0.737. The number of alkyl halides is 3. The fourth-order valence-corrected chi connectivity index (χ4v) is 1.85. The third-order valence-electron chi connectivity index (χ3n) is 2.71. The first kappa shape index (κ1) is 11.7. The fourth-order valence-electron chi connectivity index (χ4n) is 1.85. The lowest BCUT2D eigenvalue weighted by atomic mass is 10.1. The Morgan fingerprint density at radius 1 is 1.35 bits per heavy atom. The van der Waals surface area contributed by atoms with Crippen LogP contribution in [0, 0.1) is 0 Å². The highest BCUT2D eigenvalue weighted by molar-refractivity contribution is 5.97. The first-order valence-electron chi connectivity index (χ1n) is 5.12. The number of benzene rings is 1. The Morgan fingerprint density at radius 2 is 2.06 bits per heavy atom. The van der Waals surface area contributed by atoms with Gasteiger partial charge in [-0.3, -0.25) is 4.79 Å². The molecule has 17 heavy (non-hydrogen) atoms. The number of carbonyl (C=O) groups excluding carboxylic acids is 1. The largest absolute Gasteiger partial charge is 0.416 e. The number of aldehydes is 1. The summed E-state index contributed by atoms with van der Waals surface area (Å²) in [7, 11) is 0. The number of hydrogen-bond donors (Lipinski definition) is 0. The van der Waals surface area contributed by atoms with Crippen LogP contribution in [0.25, 0.3) is 10.9 Å².